The zero-order valence-corrected chi connectivity index (χ0v) is 14.9. The van der Waals surface area contributed by atoms with Crippen LogP contribution in [0.3, 0.4) is 0 Å². The minimum Gasteiger partial charge on any atom is -0.310 e. The highest BCUT2D eigenvalue weighted by Crippen LogP contribution is 2.31. The van der Waals surface area contributed by atoms with Crippen molar-refractivity contribution in [3.05, 3.63) is 28.2 Å². The fourth-order valence-electron chi connectivity index (χ4n) is 1.86. The Morgan fingerprint density at radius 1 is 1.26 bits per heavy atom. The molecule has 19 heavy (non-hydrogen) atoms. The lowest BCUT2D eigenvalue weighted by Crippen LogP contribution is -2.19. The molecule has 1 unspecified atom stereocenters. The molecule has 0 saturated heterocycles. The summed E-state index contributed by atoms with van der Waals surface area (Å²) in [5.41, 5.74) is 1.41. The first kappa shape index (κ1) is 17.1. The van der Waals surface area contributed by atoms with Crippen molar-refractivity contribution in [2.45, 2.75) is 51.5 Å². The van der Waals surface area contributed by atoms with Gasteiger partial charge in [-0.25, -0.2) is 0 Å². The lowest BCUT2D eigenvalue weighted by atomic mass is 10.1. The fourth-order valence-corrected chi connectivity index (χ4v) is 3.62. The molecular weight excluding hydrogens is 318 g/mol. The first-order chi connectivity index (χ1) is 9.04. The maximum absolute atomic E-state index is 3.59. The summed E-state index contributed by atoms with van der Waals surface area (Å²) in [6.45, 7) is 10.1. The number of rotatable bonds is 8. The molecule has 1 atom stereocenters. The Hall–Kier alpha value is 0.01000. The molecular formula is C16H26BrNS. The van der Waals surface area contributed by atoms with E-state index in [2.05, 4.69) is 67.1 Å². The van der Waals surface area contributed by atoms with Crippen LogP contribution in [-0.4, -0.2) is 12.3 Å². The van der Waals surface area contributed by atoms with Crippen LogP contribution in [0.1, 0.15) is 52.1 Å². The van der Waals surface area contributed by atoms with E-state index in [0.29, 0.717) is 6.04 Å². The van der Waals surface area contributed by atoms with E-state index in [9.17, 15) is 0 Å². The van der Waals surface area contributed by atoms with E-state index < -0.39 is 0 Å². The Morgan fingerprint density at radius 2 is 2.00 bits per heavy atom. The molecule has 0 saturated carbocycles. The first-order valence-electron chi connectivity index (χ1n) is 7.20. The average molecular weight is 344 g/mol. The molecule has 0 fully saturated rings. The smallest absolute Gasteiger partial charge is 0.0303 e. The van der Waals surface area contributed by atoms with Crippen molar-refractivity contribution >= 4 is 27.7 Å². The molecule has 1 N–H and O–H groups in total. The average Bonchev–Trinajstić information content (AvgIpc) is 2.37. The van der Waals surface area contributed by atoms with E-state index in [1.165, 1.54) is 33.5 Å². The van der Waals surface area contributed by atoms with Crippen molar-refractivity contribution in [3.8, 4) is 0 Å². The Kier molecular flexibility index (Phi) is 8.12. The van der Waals surface area contributed by atoms with E-state index in [4.69, 9.17) is 0 Å². The number of nitrogens with one attached hydrogen (secondary N) is 1. The summed E-state index contributed by atoms with van der Waals surface area (Å²) in [4.78, 5) is 1.42. The van der Waals surface area contributed by atoms with Crippen LogP contribution in [0.4, 0.5) is 0 Å². The third kappa shape index (κ3) is 6.33. The first-order valence-corrected chi connectivity index (χ1v) is 8.98. The number of halogens is 1. The second-order valence-electron chi connectivity index (χ2n) is 5.39. The molecule has 3 heteroatoms. The van der Waals surface area contributed by atoms with E-state index in [1.54, 1.807) is 0 Å². The van der Waals surface area contributed by atoms with Gasteiger partial charge in [0.1, 0.15) is 0 Å². The summed E-state index contributed by atoms with van der Waals surface area (Å²) in [6.07, 6.45) is 2.45. The van der Waals surface area contributed by atoms with E-state index >= 15 is 0 Å². The van der Waals surface area contributed by atoms with Gasteiger partial charge < -0.3 is 5.32 Å². The highest BCUT2D eigenvalue weighted by Gasteiger charge is 2.11. The Labute approximate surface area is 131 Å². The van der Waals surface area contributed by atoms with Crippen molar-refractivity contribution in [2.24, 2.45) is 5.92 Å². The molecule has 0 radical (unpaired) electrons. The van der Waals surface area contributed by atoms with Crippen LogP contribution in [0.15, 0.2) is 27.6 Å². The summed E-state index contributed by atoms with van der Waals surface area (Å²) in [5, 5.41) is 3.58. The predicted octanol–water partition coefficient (Wildman–Crippen LogP) is 5.65. The van der Waals surface area contributed by atoms with Gasteiger partial charge in [-0.2, -0.15) is 0 Å². The molecule has 0 amide bonds. The van der Waals surface area contributed by atoms with Crippen molar-refractivity contribution in [1.82, 2.24) is 5.32 Å². The molecule has 108 valence electrons. The van der Waals surface area contributed by atoms with Crippen LogP contribution >= 0.6 is 27.7 Å². The number of benzene rings is 1. The second-order valence-corrected chi connectivity index (χ2v) is 7.44. The van der Waals surface area contributed by atoms with Crippen LogP contribution in [-0.2, 0) is 0 Å². The van der Waals surface area contributed by atoms with Crippen molar-refractivity contribution < 1.29 is 0 Å². The van der Waals surface area contributed by atoms with Crippen LogP contribution < -0.4 is 5.32 Å². The lowest BCUT2D eigenvalue weighted by Gasteiger charge is -2.18. The minimum atomic E-state index is 0.416. The summed E-state index contributed by atoms with van der Waals surface area (Å²) < 4.78 is 1.17. The highest BCUT2D eigenvalue weighted by molar-refractivity contribution is 9.10. The maximum atomic E-state index is 3.59. The standard InChI is InChI=1S/C16H26BrNS/c1-5-9-18-13(4)15-11-14(17)6-7-16(15)19-10-8-12(2)3/h6-7,11-13,18H,5,8-10H2,1-4H3. The number of thioether (sulfide) groups is 1. The Balaban J connectivity index is 2.73. The van der Waals surface area contributed by atoms with Crippen LogP contribution in [0, 0.1) is 5.92 Å². The monoisotopic (exact) mass is 343 g/mol. The third-order valence-electron chi connectivity index (χ3n) is 3.09. The molecule has 0 spiro atoms. The molecule has 1 rings (SSSR count). The van der Waals surface area contributed by atoms with Gasteiger partial charge in [-0.15, -0.1) is 11.8 Å². The quantitative estimate of drug-likeness (QED) is 0.612. The summed E-state index contributed by atoms with van der Waals surface area (Å²) >= 11 is 5.57. The lowest BCUT2D eigenvalue weighted by molar-refractivity contribution is 0.563. The summed E-state index contributed by atoms with van der Waals surface area (Å²) in [5.74, 6) is 1.98. The van der Waals surface area contributed by atoms with Crippen molar-refractivity contribution in [3.63, 3.8) is 0 Å². The zero-order chi connectivity index (χ0) is 14.3. The number of hydrogen-bond donors (Lipinski definition) is 1. The molecule has 0 aliphatic carbocycles. The highest BCUT2D eigenvalue weighted by atomic mass is 79.9. The molecule has 0 aliphatic rings. The van der Waals surface area contributed by atoms with Crippen LogP contribution in [0.5, 0.6) is 0 Å². The Morgan fingerprint density at radius 3 is 2.63 bits per heavy atom. The molecule has 0 aromatic heterocycles. The number of hydrogen-bond acceptors (Lipinski definition) is 2. The Bertz CT molecular complexity index is 379. The fraction of sp³-hybridized carbons (Fsp3) is 0.625. The zero-order valence-electron chi connectivity index (χ0n) is 12.5. The molecule has 0 heterocycles. The van der Waals surface area contributed by atoms with Gasteiger partial charge in [0.15, 0.2) is 0 Å². The van der Waals surface area contributed by atoms with Gasteiger partial charge >= 0.3 is 0 Å². The van der Waals surface area contributed by atoms with Gasteiger partial charge in [0, 0.05) is 15.4 Å². The van der Waals surface area contributed by atoms with Crippen molar-refractivity contribution in [2.75, 3.05) is 12.3 Å². The van der Waals surface area contributed by atoms with E-state index in [-0.39, 0.29) is 0 Å². The molecule has 1 aromatic rings. The van der Waals surface area contributed by atoms with Gasteiger partial charge in [-0.3, -0.25) is 0 Å². The molecule has 0 aliphatic heterocycles. The molecule has 1 nitrogen and oxygen atoms in total. The molecule has 1 aromatic carbocycles. The van der Waals surface area contributed by atoms with Gasteiger partial charge in [-0.05, 0) is 61.7 Å². The van der Waals surface area contributed by atoms with Gasteiger partial charge in [0.05, 0.1) is 0 Å². The van der Waals surface area contributed by atoms with Gasteiger partial charge in [-0.1, -0.05) is 36.7 Å². The normalized spacial score (nSPS) is 12.9. The minimum absolute atomic E-state index is 0.416. The second kappa shape index (κ2) is 9.04. The summed E-state index contributed by atoms with van der Waals surface area (Å²) in [7, 11) is 0. The van der Waals surface area contributed by atoms with Gasteiger partial charge in [0.25, 0.3) is 0 Å². The summed E-state index contributed by atoms with van der Waals surface area (Å²) in [6, 6.07) is 7.06. The van der Waals surface area contributed by atoms with Crippen LogP contribution in [0.25, 0.3) is 0 Å². The largest absolute Gasteiger partial charge is 0.310 e. The van der Waals surface area contributed by atoms with E-state index in [1.807, 2.05) is 11.8 Å². The third-order valence-corrected chi connectivity index (χ3v) is 4.71. The predicted molar refractivity (Wildman–Crippen MR) is 91.0 cm³/mol. The van der Waals surface area contributed by atoms with Gasteiger partial charge in [0.2, 0.25) is 0 Å². The molecule has 0 bridgehead atoms. The van der Waals surface area contributed by atoms with Crippen molar-refractivity contribution in [1.29, 1.82) is 0 Å². The SMILES string of the molecule is CCCNC(C)c1cc(Br)ccc1SCCC(C)C. The maximum Gasteiger partial charge on any atom is 0.0303 e. The van der Waals surface area contributed by atoms with Crippen LogP contribution in [0.2, 0.25) is 0 Å². The van der Waals surface area contributed by atoms with E-state index in [0.717, 1.165) is 12.5 Å². The topological polar surface area (TPSA) is 12.0 Å².